The van der Waals surface area contributed by atoms with Gasteiger partial charge in [0.25, 0.3) is 11.8 Å². The lowest BCUT2D eigenvalue weighted by Crippen LogP contribution is -2.54. The molecule has 2 N–H and O–H groups in total. The van der Waals surface area contributed by atoms with Crippen molar-refractivity contribution in [1.82, 2.24) is 15.1 Å². The molecule has 2 saturated heterocycles. The van der Waals surface area contributed by atoms with Crippen LogP contribution in [0.3, 0.4) is 0 Å². The monoisotopic (exact) mass is 532 g/mol. The van der Waals surface area contributed by atoms with Gasteiger partial charge in [0.1, 0.15) is 6.04 Å². The highest BCUT2D eigenvalue weighted by Crippen LogP contribution is 2.32. The van der Waals surface area contributed by atoms with E-state index in [1.807, 2.05) is 0 Å². The summed E-state index contributed by atoms with van der Waals surface area (Å²) in [5.41, 5.74) is 4.66. The minimum absolute atomic E-state index is 0.0924. The van der Waals surface area contributed by atoms with Gasteiger partial charge in [-0.25, -0.2) is 0 Å². The van der Waals surface area contributed by atoms with Crippen molar-refractivity contribution < 1.29 is 23.9 Å². The number of piperidine rings is 2. The topological polar surface area (TPSA) is 108 Å². The molecule has 4 amide bonds. The van der Waals surface area contributed by atoms with Crippen molar-refractivity contribution in [2.45, 2.75) is 77.8 Å². The molecule has 0 aromatic heterocycles. The predicted octanol–water partition coefficient (Wildman–Crippen LogP) is 3.40. The minimum atomic E-state index is -0.980. The van der Waals surface area contributed by atoms with Crippen LogP contribution in [0.25, 0.3) is 0 Å². The maximum Gasteiger partial charge on any atom is 0.264 e. The molecular weight excluding hydrogens is 496 g/mol. The molecule has 2 fully saturated rings. The number of hydrogen-bond acceptors (Lipinski definition) is 7. The number of nitrogens with zero attached hydrogens (tertiary/aromatic N) is 2. The number of anilines is 1. The third-order valence-electron chi connectivity index (χ3n) is 7.75. The van der Waals surface area contributed by atoms with Gasteiger partial charge >= 0.3 is 0 Å². The number of carbonyl (C=O) groups excluding carboxylic acids is 4. The Morgan fingerprint density at radius 2 is 1.79 bits per heavy atom. The predicted molar refractivity (Wildman–Crippen MR) is 146 cm³/mol. The van der Waals surface area contributed by atoms with Crippen LogP contribution in [-0.2, 0) is 27.4 Å². The van der Waals surface area contributed by atoms with Crippen LogP contribution < -0.4 is 10.6 Å². The van der Waals surface area contributed by atoms with E-state index < -0.39 is 29.7 Å². The molecule has 9 heteroatoms. The summed E-state index contributed by atoms with van der Waals surface area (Å²) in [4.78, 5) is 53.8. The maximum atomic E-state index is 13.3. The number of fused-ring (bicyclic) bond motifs is 1. The second-order valence-electron chi connectivity index (χ2n) is 11.0. The molecule has 9 nitrogen and oxygen atoms in total. The Kier molecular flexibility index (Phi) is 7.81. The van der Waals surface area contributed by atoms with Crippen molar-refractivity contribution in [3.05, 3.63) is 64.2 Å². The minimum Gasteiger partial charge on any atom is -0.380 e. The summed E-state index contributed by atoms with van der Waals surface area (Å²) in [5, 5.41) is 5.55. The molecule has 2 aromatic carbocycles. The van der Waals surface area contributed by atoms with Crippen LogP contribution in [0.5, 0.6) is 0 Å². The summed E-state index contributed by atoms with van der Waals surface area (Å²) in [6.45, 7) is 9.75. The highest BCUT2D eigenvalue weighted by atomic mass is 16.5. The highest BCUT2D eigenvalue weighted by molar-refractivity contribution is 6.25. The normalized spacial score (nSPS) is 20.5. The first-order valence-electron chi connectivity index (χ1n) is 13.8. The van der Waals surface area contributed by atoms with E-state index in [0.717, 1.165) is 42.9 Å². The molecule has 0 bridgehead atoms. The van der Waals surface area contributed by atoms with Gasteiger partial charge in [-0.15, -0.1) is 0 Å². The smallest absolute Gasteiger partial charge is 0.264 e. The molecule has 0 spiro atoms. The van der Waals surface area contributed by atoms with Gasteiger partial charge in [0.15, 0.2) is 0 Å². The molecule has 206 valence electrons. The summed E-state index contributed by atoms with van der Waals surface area (Å²) < 4.78 is 5.97. The molecule has 2 aromatic rings. The number of carbonyl (C=O) groups is 4. The Bertz CT molecular complexity index is 1300. The number of nitrogens with one attached hydrogen (secondary N) is 2. The zero-order valence-corrected chi connectivity index (χ0v) is 22.8. The standard InChI is InChI=1S/C30H36N4O5/c1-18(2)39-22-11-13-33(14-12-22)17-21-8-7-20(15-19(21)3)16-31-24-6-4-5-23-27(24)30(38)34(29(23)37)25-9-10-26(35)32-28(25)36/h4-8,15,18,22,25,31H,9-14,16-17H2,1-3H3,(H,32,35,36). The van der Waals surface area contributed by atoms with Crippen LogP contribution in [0.15, 0.2) is 36.4 Å². The van der Waals surface area contributed by atoms with E-state index in [0.29, 0.717) is 18.3 Å². The quantitative estimate of drug-likeness (QED) is 0.502. The third kappa shape index (κ3) is 5.74. The lowest BCUT2D eigenvalue weighted by atomic mass is 10.0. The molecule has 3 heterocycles. The van der Waals surface area contributed by atoms with E-state index in [4.69, 9.17) is 4.74 Å². The molecule has 3 aliphatic heterocycles. The van der Waals surface area contributed by atoms with Gasteiger partial charge in [-0.1, -0.05) is 24.3 Å². The lowest BCUT2D eigenvalue weighted by molar-refractivity contribution is -0.136. The molecule has 0 aliphatic carbocycles. The summed E-state index contributed by atoms with van der Waals surface area (Å²) in [5.74, 6) is -2.02. The van der Waals surface area contributed by atoms with Gasteiger partial charge in [-0.3, -0.25) is 34.3 Å². The number of aryl methyl sites for hydroxylation is 1. The van der Waals surface area contributed by atoms with E-state index in [2.05, 4.69) is 54.5 Å². The number of ether oxygens (including phenoxy) is 1. The van der Waals surface area contributed by atoms with Crippen LogP contribution in [0.4, 0.5) is 5.69 Å². The molecule has 1 unspecified atom stereocenters. The van der Waals surface area contributed by atoms with Crippen molar-refractivity contribution >= 4 is 29.3 Å². The number of benzene rings is 2. The van der Waals surface area contributed by atoms with Crippen molar-refractivity contribution in [2.24, 2.45) is 0 Å². The Morgan fingerprint density at radius 1 is 1.03 bits per heavy atom. The van der Waals surface area contributed by atoms with Gasteiger partial charge in [-0.2, -0.15) is 0 Å². The average Bonchev–Trinajstić information content (AvgIpc) is 3.15. The number of amides is 4. The van der Waals surface area contributed by atoms with Crippen molar-refractivity contribution in [3.63, 3.8) is 0 Å². The van der Waals surface area contributed by atoms with Gasteiger partial charge in [-0.05, 0) is 68.9 Å². The molecule has 0 radical (unpaired) electrons. The van der Waals surface area contributed by atoms with Crippen molar-refractivity contribution in [2.75, 3.05) is 18.4 Å². The van der Waals surface area contributed by atoms with Crippen LogP contribution in [0, 0.1) is 6.92 Å². The number of likely N-dealkylation sites (tertiary alicyclic amines) is 1. The first-order chi connectivity index (χ1) is 18.7. The van der Waals surface area contributed by atoms with Gasteiger partial charge in [0.2, 0.25) is 11.8 Å². The Balaban J connectivity index is 1.22. The lowest BCUT2D eigenvalue weighted by Gasteiger charge is -2.33. The van der Waals surface area contributed by atoms with Gasteiger partial charge in [0, 0.05) is 38.3 Å². The van der Waals surface area contributed by atoms with E-state index >= 15 is 0 Å². The molecular formula is C30H36N4O5. The third-order valence-corrected chi connectivity index (χ3v) is 7.75. The largest absolute Gasteiger partial charge is 0.380 e. The second kappa shape index (κ2) is 11.3. The van der Waals surface area contributed by atoms with Crippen LogP contribution >= 0.6 is 0 Å². The summed E-state index contributed by atoms with van der Waals surface area (Å²) in [6.07, 6.45) is 2.97. The zero-order chi connectivity index (χ0) is 27.7. The van der Waals surface area contributed by atoms with Crippen LogP contribution in [0.1, 0.15) is 76.9 Å². The van der Waals surface area contributed by atoms with Crippen LogP contribution in [0.2, 0.25) is 0 Å². The van der Waals surface area contributed by atoms with Gasteiger partial charge < -0.3 is 10.1 Å². The molecule has 0 saturated carbocycles. The highest BCUT2D eigenvalue weighted by Gasteiger charge is 2.45. The molecule has 3 aliphatic rings. The summed E-state index contributed by atoms with van der Waals surface area (Å²) >= 11 is 0. The van der Waals surface area contributed by atoms with E-state index in [-0.39, 0.29) is 30.1 Å². The summed E-state index contributed by atoms with van der Waals surface area (Å²) in [7, 11) is 0. The fourth-order valence-corrected chi connectivity index (χ4v) is 5.73. The fraction of sp³-hybridized carbons (Fsp3) is 0.467. The Morgan fingerprint density at radius 3 is 2.49 bits per heavy atom. The first-order valence-corrected chi connectivity index (χ1v) is 13.8. The van der Waals surface area contributed by atoms with Crippen molar-refractivity contribution in [3.8, 4) is 0 Å². The number of rotatable bonds is 8. The van der Waals surface area contributed by atoms with Crippen LogP contribution in [-0.4, -0.2) is 64.8 Å². The molecule has 39 heavy (non-hydrogen) atoms. The Hall–Kier alpha value is -3.56. The average molecular weight is 533 g/mol. The zero-order valence-electron chi connectivity index (χ0n) is 22.8. The SMILES string of the molecule is Cc1cc(CNc2cccc3c2C(=O)N(C2CCC(=O)NC2=O)C3=O)ccc1CN1CCC(OC(C)C)CC1. The number of imide groups is 2. The Labute approximate surface area is 228 Å². The summed E-state index contributed by atoms with van der Waals surface area (Å²) in [6, 6.07) is 10.5. The maximum absolute atomic E-state index is 13.3. The van der Waals surface area contributed by atoms with E-state index in [1.54, 1.807) is 18.2 Å². The van der Waals surface area contributed by atoms with Crippen molar-refractivity contribution in [1.29, 1.82) is 0 Å². The number of hydrogen-bond donors (Lipinski definition) is 2. The van der Waals surface area contributed by atoms with E-state index in [1.165, 1.54) is 11.1 Å². The van der Waals surface area contributed by atoms with E-state index in [9.17, 15) is 19.2 Å². The molecule has 5 rings (SSSR count). The second-order valence-corrected chi connectivity index (χ2v) is 11.0. The molecule has 1 atom stereocenters. The van der Waals surface area contributed by atoms with Gasteiger partial charge in [0.05, 0.1) is 23.3 Å². The first kappa shape index (κ1) is 27.0. The fourth-order valence-electron chi connectivity index (χ4n) is 5.73.